The lowest BCUT2D eigenvalue weighted by molar-refractivity contribution is -0.144. The molecule has 50 heteroatoms. The van der Waals surface area contributed by atoms with E-state index in [1.165, 1.54) is 105 Å². The van der Waals surface area contributed by atoms with Gasteiger partial charge in [0.25, 0.3) is 0 Å². The van der Waals surface area contributed by atoms with Crippen LogP contribution < -0.4 is 108 Å². The number of guanidine groups is 1. The van der Waals surface area contributed by atoms with Crippen LogP contribution in [0.5, 0.6) is 17.2 Å². The zero-order valence-electron chi connectivity index (χ0n) is 81.0. The molecular weight excluding hydrogens is 1890 g/mol. The van der Waals surface area contributed by atoms with Crippen molar-refractivity contribution in [3.8, 4) is 17.2 Å². The number of aliphatic hydroxyl groups is 2. The van der Waals surface area contributed by atoms with Gasteiger partial charge in [0.1, 0.15) is 108 Å². The van der Waals surface area contributed by atoms with Gasteiger partial charge in [-0.2, -0.15) is 11.8 Å². The number of amides is 17. The van der Waals surface area contributed by atoms with Crippen molar-refractivity contribution in [2.75, 3.05) is 38.3 Å². The largest absolute Gasteiger partial charge is 0.508 e. The predicted octanol–water partition coefficient (Wildman–Crippen LogP) is -5.49. The maximum Gasteiger partial charge on any atom is 0.326 e. The minimum Gasteiger partial charge on any atom is -0.508 e. The van der Waals surface area contributed by atoms with Crippen molar-refractivity contribution >= 4 is 136 Å². The van der Waals surface area contributed by atoms with Gasteiger partial charge in [0.05, 0.1) is 45.1 Å². The molecule has 0 aliphatic heterocycles. The highest BCUT2D eigenvalue weighted by molar-refractivity contribution is 7.98. The van der Waals surface area contributed by atoms with E-state index >= 15 is 9.59 Å². The van der Waals surface area contributed by atoms with E-state index in [9.17, 15) is 122 Å². The van der Waals surface area contributed by atoms with Crippen molar-refractivity contribution in [2.45, 2.75) is 242 Å². The van der Waals surface area contributed by atoms with Crippen LogP contribution in [0, 0.1) is 29.1 Å². The molecule has 4 rings (SSSR count). The number of hydrogen-bond acceptors (Lipinski definition) is 28. The lowest BCUT2D eigenvalue weighted by Gasteiger charge is -2.31. The molecule has 0 heterocycles. The quantitative estimate of drug-likeness (QED) is 0.0111. The van der Waals surface area contributed by atoms with Crippen LogP contribution >= 0.6 is 11.8 Å². The van der Waals surface area contributed by atoms with Crippen molar-refractivity contribution in [2.24, 2.45) is 40.9 Å². The molecule has 0 saturated carbocycles. The summed E-state index contributed by atoms with van der Waals surface area (Å²) in [5, 5.41) is 129. The molecule has 0 unspecified atom stereocenters. The standard InChI is InChI=1S/C93H135N21O28S/c1-11-47(6)74(111-70(121)43-99-79(128)59(20-17-34-98-93(96)97)102-88(137)73(46(4)5)112-80(129)60(33-35-143-10)101-84(133)64(41-69(95)120)106-86(135)68(45-116)110-87(136)67(44-115)109-78(127)58(94)40-71(122)123)90(139)114-76(49(8)13-3)91(140)113-75(48(7)12-2)89(138)100-50(9)77(126)103-61(37-52-21-27-55(117)28-22-52)81(130)105-63(38-53-23-29-56(118)30-24-53)82(131)104-62(36-51-18-15-14-16-19-51)83(132)107-65(42-72(124)125)85(134)108-66(92(141)142)39-54-25-31-57(119)32-26-54/h14-16,18-19,21-32,46-50,58-68,73-76,115-119H,11-13,17,20,33-45,94H2,1-10H3,(H2,95,120)(H,99,128)(H,100,138)(H,101,133)(H,102,137)(H,103,126)(H,104,131)(H,105,130)(H,106,135)(H,107,132)(H,108,134)(H,109,127)(H,110,136)(H,111,121)(H,112,129)(H,113,140)(H,114,139)(H,122,123)(H,124,125)(H,141,142)(H4,96,97,98)/t47-,48-,49-,50-,58-,59-,60-,61-,62-,63-,64-,65-,66-,67-,68-,73-,74-,75-,76-/m0/s1. The number of carboxylic acids is 3. The minimum absolute atomic E-state index is 0.0135. The Kier molecular flexibility index (Phi) is 51.4. The van der Waals surface area contributed by atoms with Gasteiger partial charge < -0.3 is 148 Å². The van der Waals surface area contributed by atoms with Gasteiger partial charge in [-0.1, -0.05) is 141 Å². The molecule has 4 aromatic carbocycles. The molecule has 0 aliphatic carbocycles. The van der Waals surface area contributed by atoms with Crippen molar-refractivity contribution in [3.63, 3.8) is 0 Å². The fourth-order valence-electron chi connectivity index (χ4n) is 14.1. The minimum atomic E-state index is -1.96. The topological polar surface area (TPSA) is 810 Å². The monoisotopic (exact) mass is 2030 g/mol. The van der Waals surface area contributed by atoms with Crippen LogP contribution in [0.1, 0.15) is 142 Å². The van der Waals surface area contributed by atoms with Crippen LogP contribution in [-0.4, -0.2) is 300 Å². The number of aromatic hydroxyl groups is 3. The zero-order chi connectivity index (χ0) is 107. The van der Waals surface area contributed by atoms with Crippen LogP contribution in [0.4, 0.5) is 0 Å². The number of carbonyl (C=O) groups excluding carboxylic acids is 17. The molecule has 19 atom stereocenters. The summed E-state index contributed by atoms with van der Waals surface area (Å²) in [6.07, 6.45) is -2.26. The van der Waals surface area contributed by atoms with E-state index in [0.29, 0.717) is 22.3 Å². The van der Waals surface area contributed by atoms with E-state index < -0.39 is 284 Å². The molecule has 17 amide bonds. The Labute approximate surface area is 829 Å². The average Bonchev–Trinajstić information content (AvgIpc) is 0.831. The van der Waals surface area contributed by atoms with Gasteiger partial charge in [-0.15, -0.1) is 0 Å². The third kappa shape index (κ3) is 42.3. The summed E-state index contributed by atoms with van der Waals surface area (Å²) in [6.45, 7) is 11.1. The maximum absolute atomic E-state index is 15.1. The molecule has 0 aromatic heterocycles. The maximum atomic E-state index is 15.1. The number of carbonyl (C=O) groups is 20. The van der Waals surface area contributed by atoms with Gasteiger partial charge in [-0.25, -0.2) is 4.79 Å². The normalized spacial score (nSPS) is 15.1. The summed E-state index contributed by atoms with van der Waals surface area (Å²) >= 11 is 1.22. The Balaban J connectivity index is 1.57. The van der Waals surface area contributed by atoms with E-state index in [0.717, 1.165) is 0 Å². The van der Waals surface area contributed by atoms with Gasteiger partial charge in [-0.3, -0.25) is 96.5 Å². The summed E-state index contributed by atoms with van der Waals surface area (Å²) in [4.78, 5) is 276. The van der Waals surface area contributed by atoms with E-state index in [1.54, 1.807) is 78.1 Å². The molecule has 0 bridgehead atoms. The molecule has 143 heavy (non-hydrogen) atoms. The number of hydrogen-bond donors (Lipinski definition) is 29. The van der Waals surface area contributed by atoms with Gasteiger partial charge in [0, 0.05) is 32.2 Å². The fraction of sp³-hybridized carbons (Fsp3) is 0.516. The lowest BCUT2D eigenvalue weighted by Crippen LogP contribution is -2.62. The van der Waals surface area contributed by atoms with E-state index in [2.05, 4.69) is 79.8 Å². The van der Waals surface area contributed by atoms with Crippen LogP contribution in [-0.2, 0) is 122 Å². The SMILES string of the molecule is CC[C@H](C)[C@H](NC(=O)CNC(=O)[C@H](CCCNC(=N)N)NC(=O)[C@@H](NC(=O)[C@H](CCSC)NC(=O)[C@H](CC(N)=O)NC(=O)[C@H](CO)NC(=O)[C@H](CO)NC(=O)[C@@H](N)CC(=O)O)C(C)C)C(=O)N[C@H](C(=O)N[C@H](C(=O)N[C@@H](C)C(=O)N[C@@H](Cc1ccc(O)cc1)C(=O)N[C@@H](Cc1ccc(O)cc1)C(=O)N[C@@H](Cc1ccccc1)C(=O)N[C@@H](CC(=O)O)C(=O)N[C@@H](Cc1ccc(O)cc1)C(=O)O)[C@@H](C)CC)[C@@H](C)CC. The number of aliphatic hydroxyl groups excluding tert-OH is 2. The van der Waals surface area contributed by atoms with Crippen LogP contribution in [0.15, 0.2) is 103 Å². The second kappa shape index (κ2) is 61.0. The molecule has 32 N–H and O–H groups in total. The molecule has 0 saturated heterocycles. The second-order valence-corrected chi connectivity index (χ2v) is 35.7. The number of benzene rings is 4. The number of aliphatic carboxylic acids is 3. The van der Waals surface area contributed by atoms with Crippen LogP contribution in [0.25, 0.3) is 0 Å². The molecule has 0 radical (unpaired) electrons. The third-order valence-electron chi connectivity index (χ3n) is 23.0. The molecule has 49 nitrogen and oxygen atoms in total. The Morgan fingerprint density at radius 3 is 1.08 bits per heavy atom. The van der Waals surface area contributed by atoms with Crippen LogP contribution in [0.2, 0.25) is 0 Å². The Morgan fingerprint density at radius 2 is 0.678 bits per heavy atom. The number of phenols is 3. The number of nitrogens with one attached hydrogen (secondary N) is 18. The first-order valence-corrected chi connectivity index (χ1v) is 47.6. The van der Waals surface area contributed by atoms with Gasteiger partial charge in [0.15, 0.2) is 5.96 Å². The molecule has 0 aliphatic rings. The smallest absolute Gasteiger partial charge is 0.326 e. The van der Waals surface area contributed by atoms with Gasteiger partial charge in [-0.05, 0) is 121 Å². The highest BCUT2D eigenvalue weighted by Gasteiger charge is 2.41. The number of thioether (sulfide) groups is 1. The van der Waals surface area contributed by atoms with Crippen molar-refractivity contribution in [1.82, 2.24) is 90.4 Å². The van der Waals surface area contributed by atoms with E-state index in [-0.39, 0.29) is 93.8 Å². The summed E-state index contributed by atoms with van der Waals surface area (Å²) in [7, 11) is 0. The highest BCUT2D eigenvalue weighted by atomic mass is 32.2. The Bertz CT molecular complexity index is 5030. The Hall–Kier alpha value is -14.8. The number of primary amides is 1. The van der Waals surface area contributed by atoms with E-state index in [4.69, 9.17) is 27.7 Å². The summed E-state index contributed by atoms with van der Waals surface area (Å²) in [5.41, 5.74) is 17.9. The van der Waals surface area contributed by atoms with Crippen LogP contribution in [0.3, 0.4) is 0 Å². The summed E-state index contributed by atoms with van der Waals surface area (Å²) in [6, 6.07) is -2.23. The third-order valence-corrected chi connectivity index (χ3v) is 23.7. The lowest BCUT2D eigenvalue weighted by atomic mass is 9.93. The average molecular weight is 2030 g/mol. The molecule has 0 spiro atoms. The number of rotatable bonds is 63. The van der Waals surface area contributed by atoms with E-state index in [1.807, 2.05) is 10.6 Å². The summed E-state index contributed by atoms with van der Waals surface area (Å²) in [5.74, 6) is -26.5. The zero-order valence-corrected chi connectivity index (χ0v) is 81.8. The number of nitrogens with two attached hydrogens (primary N) is 3. The van der Waals surface area contributed by atoms with Crippen molar-refractivity contribution < 1.29 is 137 Å². The highest BCUT2D eigenvalue weighted by Crippen LogP contribution is 2.21. The first-order valence-electron chi connectivity index (χ1n) is 46.2. The first-order chi connectivity index (χ1) is 67.5. The van der Waals surface area contributed by atoms with Gasteiger partial charge in [0.2, 0.25) is 100 Å². The molecule has 0 fully saturated rings. The predicted molar refractivity (Wildman–Crippen MR) is 517 cm³/mol. The first kappa shape index (κ1) is 120. The Morgan fingerprint density at radius 1 is 0.350 bits per heavy atom. The summed E-state index contributed by atoms with van der Waals surface area (Å²) < 4.78 is 0. The fourth-order valence-corrected chi connectivity index (χ4v) is 14.5. The molecule has 4 aromatic rings. The number of phenolic OH excluding ortho intramolecular Hbond substituents is 3. The van der Waals surface area contributed by atoms with Crippen molar-refractivity contribution in [1.29, 1.82) is 5.41 Å². The number of carboxylic acid groups (broad SMARTS) is 3. The van der Waals surface area contributed by atoms with Crippen molar-refractivity contribution in [3.05, 3.63) is 125 Å². The molecular formula is C93H135N21O28S. The van der Waals surface area contributed by atoms with Gasteiger partial charge >= 0.3 is 17.9 Å². The second-order valence-electron chi connectivity index (χ2n) is 34.7. The molecule has 786 valence electrons.